The molecule has 1 N–H and O–H groups in total. The smallest absolute Gasteiger partial charge is 0.255 e. The van der Waals surface area contributed by atoms with E-state index in [1.54, 1.807) is 24.3 Å². The standard InChI is InChI=1S/C18H24N2O2S2/c1-13-4-6-15(7-5-13)24(21,22)20-17-19-16(12-23-17)14-8-10-18(2,3)11-9-14/h4-7,12,14H,8-11H2,1-3H3,(H,19,20). The summed E-state index contributed by atoms with van der Waals surface area (Å²) in [6.07, 6.45) is 4.64. The average molecular weight is 365 g/mol. The number of rotatable bonds is 4. The Labute approximate surface area is 148 Å². The molecule has 0 aliphatic heterocycles. The number of hydrogen-bond acceptors (Lipinski definition) is 4. The summed E-state index contributed by atoms with van der Waals surface area (Å²) in [4.78, 5) is 4.81. The predicted octanol–water partition coefficient (Wildman–Crippen LogP) is 4.94. The molecule has 1 fully saturated rings. The second-order valence-electron chi connectivity index (χ2n) is 7.43. The molecule has 0 spiro atoms. The van der Waals surface area contributed by atoms with Gasteiger partial charge in [0.2, 0.25) is 0 Å². The lowest BCUT2D eigenvalue weighted by Gasteiger charge is -2.33. The van der Waals surface area contributed by atoms with Gasteiger partial charge in [0.1, 0.15) is 0 Å². The molecule has 130 valence electrons. The first-order valence-corrected chi connectivity index (χ1v) is 10.7. The Balaban J connectivity index is 1.71. The van der Waals surface area contributed by atoms with E-state index in [1.165, 1.54) is 24.2 Å². The Kier molecular flexibility index (Phi) is 4.71. The second kappa shape index (κ2) is 6.48. The third-order valence-corrected chi connectivity index (χ3v) is 7.09. The number of hydrogen-bond donors (Lipinski definition) is 1. The van der Waals surface area contributed by atoms with Gasteiger partial charge in [-0.05, 0) is 50.2 Å². The van der Waals surface area contributed by atoms with Crippen LogP contribution in [0.5, 0.6) is 0 Å². The molecular weight excluding hydrogens is 340 g/mol. The van der Waals surface area contributed by atoms with E-state index in [-0.39, 0.29) is 4.90 Å². The Morgan fingerprint density at radius 3 is 2.42 bits per heavy atom. The molecule has 0 saturated heterocycles. The average Bonchev–Trinajstić information content (AvgIpc) is 2.95. The number of sulfonamides is 1. The minimum Gasteiger partial charge on any atom is -0.255 e. The molecule has 6 heteroatoms. The molecule has 24 heavy (non-hydrogen) atoms. The van der Waals surface area contributed by atoms with E-state index >= 15 is 0 Å². The first-order chi connectivity index (χ1) is 11.3. The van der Waals surface area contributed by atoms with Crippen LogP contribution in [0.1, 0.15) is 56.7 Å². The molecule has 0 radical (unpaired) electrons. The summed E-state index contributed by atoms with van der Waals surface area (Å²) < 4.78 is 27.5. The maximum absolute atomic E-state index is 12.4. The zero-order valence-corrected chi connectivity index (χ0v) is 16.0. The topological polar surface area (TPSA) is 59.1 Å². The predicted molar refractivity (Wildman–Crippen MR) is 99.1 cm³/mol. The zero-order valence-electron chi connectivity index (χ0n) is 14.4. The van der Waals surface area contributed by atoms with Gasteiger partial charge in [0.15, 0.2) is 5.13 Å². The van der Waals surface area contributed by atoms with Crippen LogP contribution in [-0.4, -0.2) is 13.4 Å². The van der Waals surface area contributed by atoms with Gasteiger partial charge in [-0.1, -0.05) is 31.5 Å². The number of nitrogens with one attached hydrogen (secondary N) is 1. The fraction of sp³-hybridized carbons (Fsp3) is 0.500. The van der Waals surface area contributed by atoms with E-state index in [0.717, 1.165) is 24.1 Å². The molecule has 1 aliphatic carbocycles. The third-order valence-electron chi connectivity index (χ3n) is 4.83. The van der Waals surface area contributed by atoms with Crippen molar-refractivity contribution in [1.29, 1.82) is 0 Å². The van der Waals surface area contributed by atoms with Gasteiger partial charge in [-0.2, -0.15) is 0 Å². The van der Waals surface area contributed by atoms with E-state index in [4.69, 9.17) is 0 Å². The first kappa shape index (κ1) is 17.4. The molecular formula is C18H24N2O2S2. The molecule has 0 unspecified atom stereocenters. The maximum atomic E-state index is 12.4. The number of benzene rings is 1. The van der Waals surface area contributed by atoms with Crippen LogP contribution in [-0.2, 0) is 10.0 Å². The minimum absolute atomic E-state index is 0.268. The molecule has 1 saturated carbocycles. The Hall–Kier alpha value is -1.40. The molecule has 1 aromatic heterocycles. The Morgan fingerprint density at radius 2 is 1.79 bits per heavy atom. The maximum Gasteiger partial charge on any atom is 0.263 e. The normalized spacial score (nSPS) is 18.5. The number of aromatic nitrogens is 1. The lowest BCUT2D eigenvalue weighted by molar-refractivity contribution is 0.223. The highest BCUT2D eigenvalue weighted by Crippen LogP contribution is 2.42. The van der Waals surface area contributed by atoms with Crippen LogP contribution in [0.2, 0.25) is 0 Å². The third kappa shape index (κ3) is 3.98. The van der Waals surface area contributed by atoms with E-state index < -0.39 is 10.0 Å². The summed E-state index contributed by atoms with van der Waals surface area (Å²) in [5.74, 6) is 0.451. The van der Waals surface area contributed by atoms with Gasteiger partial charge in [-0.15, -0.1) is 11.3 Å². The van der Waals surface area contributed by atoms with Crippen molar-refractivity contribution in [2.75, 3.05) is 4.72 Å². The summed E-state index contributed by atoms with van der Waals surface area (Å²) in [6.45, 7) is 6.55. The summed E-state index contributed by atoms with van der Waals surface area (Å²) in [6, 6.07) is 6.84. The van der Waals surface area contributed by atoms with Crippen LogP contribution in [0.3, 0.4) is 0 Å². The van der Waals surface area contributed by atoms with Crippen molar-refractivity contribution in [3.63, 3.8) is 0 Å². The molecule has 3 rings (SSSR count). The van der Waals surface area contributed by atoms with Gasteiger partial charge in [-0.3, -0.25) is 4.72 Å². The molecule has 0 amide bonds. The molecule has 0 atom stereocenters. The molecule has 4 nitrogen and oxygen atoms in total. The van der Waals surface area contributed by atoms with Crippen LogP contribution >= 0.6 is 11.3 Å². The number of thiazole rings is 1. The van der Waals surface area contributed by atoms with E-state index in [1.807, 2.05) is 12.3 Å². The van der Waals surface area contributed by atoms with Gasteiger partial charge in [-0.25, -0.2) is 13.4 Å². The van der Waals surface area contributed by atoms with E-state index in [0.29, 0.717) is 16.5 Å². The van der Waals surface area contributed by atoms with Gasteiger partial charge in [0.05, 0.1) is 10.6 Å². The molecule has 1 aliphatic rings. The van der Waals surface area contributed by atoms with Gasteiger partial charge in [0, 0.05) is 11.3 Å². The fourth-order valence-corrected chi connectivity index (χ4v) is 5.15. The van der Waals surface area contributed by atoms with Crippen molar-refractivity contribution in [2.24, 2.45) is 5.41 Å². The number of anilines is 1. The highest BCUT2D eigenvalue weighted by Gasteiger charge is 2.29. The largest absolute Gasteiger partial charge is 0.263 e. The van der Waals surface area contributed by atoms with Crippen molar-refractivity contribution in [3.8, 4) is 0 Å². The van der Waals surface area contributed by atoms with Gasteiger partial charge < -0.3 is 0 Å². The van der Waals surface area contributed by atoms with E-state index in [2.05, 4.69) is 23.6 Å². The van der Waals surface area contributed by atoms with Crippen LogP contribution in [0.15, 0.2) is 34.5 Å². The van der Waals surface area contributed by atoms with Crippen LogP contribution < -0.4 is 4.72 Å². The quantitative estimate of drug-likeness (QED) is 0.836. The van der Waals surface area contributed by atoms with Gasteiger partial charge >= 0.3 is 0 Å². The molecule has 2 aromatic rings. The van der Waals surface area contributed by atoms with Crippen LogP contribution in [0.4, 0.5) is 5.13 Å². The van der Waals surface area contributed by atoms with Crippen molar-refractivity contribution in [3.05, 3.63) is 40.9 Å². The van der Waals surface area contributed by atoms with E-state index in [9.17, 15) is 8.42 Å². The lowest BCUT2D eigenvalue weighted by atomic mass is 9.72. The Morgan fingerprint density at radius 1 is 1.17 bits per heavy atom. The monoisotopic (exact) mass is 364 g/mol. The van der Waals surface area contributed by atoms with Gasteiger partial charge in [0.25, 0.3) is 10.0 Å². The molecule has 0 bridgehead atoms. The highest BCUT2D eigenvalue weighted by atomic mass is 32.2. The fourth-order valence-electron chi connectivity index (χ4n) is 3.11. The highest BCUT2D eigenvalue weighted by molar-refractivity contribution is 7.93. The summed E-state index contributed by atoms with van der Waals surface area (Å²) in [5, 5.41) is 2.45. The summed E-state index contributed by atoms with van der Waals surface area (Å²) in [5.41, 5.74) is 2.48. The SMILES string of the molecule is Cc1ccc(S(=O)(=O)Nc2nc(C3CCC(C)(C)CC3)cs2)cc1. The lowest BCUT2D eigenvalue weighted by Crippen LogP contribution is -2.20. The summed E-state index contributed by atoms with van der Waals surface area (Å²) >= 11 is 1.37. The molecule has 1 heterocycles. The van der Waals surface area contributed by atoms with Crippen molar-refractivity contribution in [2.45, 2.75) is 57.3 Å². The van der Waals surface area contributed by atoms with Crippen molar-refractivity contribution in [1.82, 2.24) is 4.98 Å². The minimum atomic E-state index is -3.57. The first-order valence-electron chi connectivity index (χ1n) is 8.30. The summed E-state index contributed by atoms with van der Waals surface area (Å²) in [7, 11) is -3.57. The second-order valence-corrected chi connectivity index (χ2v) is 9.98. The van der Waals surface area contributed by atoms with Crippen LogP contribution in [0, 0.1) is 12.3 Å². The number of nitrogens with zero attached hydrogens (tertiary/aromatic N) is 1. The van der Waals surface area contributed by atoms with Crippen molar-refractivity contribution >= 4 is 26.5 Å². The zero-order chi connectivity index (χ0) is 17.4. The number of aryl methyl sites for hydroxylation is 1. The van der Waals surface area contributed by atoms with Crippen molar-refractivity contribution < 1.29 is 8.42 Å². The van der Waals surface area contributed by atoms with Crippen LogP contribution in [0.25, 0.3) is 0 Å². The Bertz CT molecular complexity index is 798. The molecule has 1 aromatic carbocycles.